The first-order valence-corrected chi connectivity index (χ1v) is 10.4. The lowest BCUT2D eigenvalue weighted by atomic mass is 10.1. The topological polar surface area (TPSA) is 59.1 Å². The van der Waals surface area contributed by atoms with Gasteiger partial charge >= 0.3 is 0 Å². The predicted molar refractivity (Wildman–Crippen MR) is 93.5 cm³/mol. The Labute approximate surface area is 135 Å². The van der Waals surface area contributed by atoms with Gasteiger partial charge in [0.15, 0.2) is 9.84 Å². The third-order valence-corrected chi connectivity index (χ3v) is 6.68. The first kappa shape index (κ1) is 15.6. The number of pyridine rings is 1. The number of rotatable bonds is 4. The van der Waals surface area contributed by atoms with Gasteiger partial charge in [0.25, 0.3) is 0 Å². The molecule has 1 unspecified atom stereocenters. The molecule has 1 fully saturated rings. The van der Waals surface area contributed by atoms with E-state index in [0.717, 1.165) is 23.1 Å². The van der Waals surface area contributed by atoms with E-state index in [2.05, 4.69) is 41.7 Å². The van der Waals surface area contributed by atoms with Crippen LogP contribution in [0.2, 0.25) is 0 Å². The molecule has 0 spiro atoms. The second kappa shape index (κ2) is 6.08. The van der Waals surface area contributed by atoms with E-state index in [1.54, 1.807) is 11.8 Å². The third-order valence-electron chi connectivity index (χ3n) is 4.12. The largest absolute Gasteiger partial charge is 0.370 e. The maximum atomic E-state index is 11.5. The highest BCUT2D eigenvalue weighted by Gasteiger charge is 2.27. The van der Waals surface area contributed by atoms with Gasteiger partial charge in [-0.15, -0.1) is 11.8 Å². The molecule has 3 rings (SSSR count). The normalized spacial score (nSPS) is 20.4. The first-order valence-electron chi connectivity index (χ1n) is 7.36. The van der Waals surface area contributed by atoms with Crippen molar-refractivity contribution in [2.24, 2.45) is 5.92 Å². The summed E-state index contributed by atoms with van der Waals surface area (Å²) in [5.41, 5.74) is 2.16. The first-order chi connectivity index (χ1) is 10.5. The molecule has 1 aromatic heterocycles. The Morgan fingerprint density at radius 3 is 2.86 bits per heavy atom. The minimum absolute atomic E-state index is 0.195. The highest BCUT2D eigenvalue weighted by Crippen LogP contribution is 2.25. The molecule has 6 heteroatoms. The maximum absolute atomic E-state index is 11.5. The summed E-state index contributed by atoms with van der Waals surface area (Å²) in [5, 5.41) is 4.47. The molecule has 1 aromatic carbocycles. The summed E-state index contributed by atoms with van der Waals surface area (Å²) in [7, 11) is -2.81. The molecule has 22 heavy (non-hydrogen) atoms. The molecule has 0 amide bonds. The molecule has 2 heterocycles. The number of sulfone groups is 1. The van der Waals surface area contributed by atoms with Gasteiger partial charge in [-0.25, -0.2) is 13.4 Å². The summed E-state index contributed by atoms with van der Waals surface area (Å²) in [6.07, 6.45) is 2.80. The van der Waals surface area contributed by atoms with Crippen LogP contribution in [-0.4, -0.2) is 37.7 Å². The lowest BCUT2D eigenvalue weighted by Crippen LogP contribution is -2.16. The van der Waals surface area contributed by atoms with Crippen LogP contribution >= 0.6 is 11.8 Å². The number of aromatic nitrogens is 1. The third kappa shape index (κ3) is 3.38. The standard InChI is InChI=1S/C16H20N2O2S2/c1-11-7-16(17-9-12-5-6-22(19,20)10-12)18-15-8-13(21-2)3-4-14(11)15/h3-4,7-8,12H,5-6,9-10H2,1-2H3,(H,17,18). The SMILES string of the molecule is CSc1ccc2c(C)cc(NCC3CCS(=O)(=O)C3)nc2c1. The molecule has 2 aromatic rings. The zero-order valence-electron chi connectivity index (χ0n) is 12.8. The molecule has 1 atom stereocenters. The number of fused-ring (bicyclic) bond motifs is 1. The van der Waals surface area contributed by atoms with Gasteiger partial charge in [0.1, 0.15) is 5.82 Å². The number of hydrogen-bond acceptors (Lipinski definition) is 5. The van der Waals surface area contributed by atoms with Gasteiger partial charge in [0.2, 0.25) is 0 Å². The average molecular weight is 336 g/mol. The Morgan fingerprint density at radius 2 is 2.18 bits per heavy atom. The van der Waals surface area contributed by atoms with E-state index >= 15 is 0 Å². The van der Waals surface area contributed by atoms with E-state index in [9.17, 15) is 8.42 Å². The van der Waals surface area contributed by atoms with Crippen LogP contribution in [0, 0.1) is 12.8 Å². The van der Waals surface area contributed by atoms with E-state index < -0.39 is 9.84 Å². The number of anilines is 1. The molecular formula is C16H20N2O2S2. The van der Waals surface area contributed by atoms with Crippen LogP contribution in [0.4, 0.5) is 5.82 Å². The molecular weight excluding hydrogens is 316 g/mol. The quantitative estimate of drug-likeness (QED) is 0.869. The van der Waals surface area contributed by atoms with Gasteiger partial charge in [0.05, 0.1) is 17.0 Å². The number of nitrogens with zero attached hydrogens (tertiary/aromatic N) is 1. The number of nitrogens with one attached hydrogen (secondary N) is 1. The Hall–Kier alpha value is -1.27. The Bertz CT molecular complexity index is 803. The fraction of sp³-hybridized carbons (Fsp3) is 0.438. The molecule has 1 saturated heterocycles. The van der Waals surface area contributed by atoms with Crippen molar-refractivity contribution >= 4 is 38.3 Å². The molecule has 1 N–H and O–H groups in total. The lowest BCUT2D eigenvalue weighted by Gasteiger charge is -2.12. The monoisotopic (exact) mass is 336 g/mol. The van der Waals surface area contributed by atoms with Crippen molar-refractivity contribution < 1.29 is 8.42 Å². The van der Waals surface area contributed by atoms with Crippen LogP contribution in [-0.2, 0) is 9.84 Å². The zero-order valence-corrected chi connectivity index (χ0v) is 14.4. The highest BCUT2D eigenvalue weighted by atomic mass is 32.2. The maximum Gasteiger partial charge on any atom is 0.150 e. The van der Waals surface area contributed by atoms with Crippen molar-refractivity contribution in [3.63, 3.8) is 0 Å². The van der Waals surface area contributed by atoms with E-state index in [4.69, 9.17) is 0 Å². The van der Waals surface area contributed by atoms with Crippen LogP contribution in [0.25, 0.3) is 10.9 Å². The van der Waals surface area contributed by atoms with Crippen molar-refractivity contribution in [3.8, 4) is 0 Å². The number of aryl methyl sites for hydroxylation is 1. The van der Waals surface area contributed by atoms with Crippen LogP contribution < -0.4 is 5.32 Å². The highest BCUT2D eigenvalue weighted by molar-refractivity contribution is 7.98. The summed E-state index contributed by atoms with van der Waals surface area (Å²) >= 11 is 1.70. The summed E-state index contributed by atoms with van der Waals surface area (Å²) < 4.78 is 23.0. The summed E-state index contributed by atoms with van der Waals surface area (Å²) in [4.78, 5) is 5.86. The van der Waals surface area contributed by atoms with Crippen LogP contribution in [0.5, 0.6) is 0 Å². The Balaban J connectivity index is 1.79. The molecule has 1 aliphatic rings. The second-order valence-electron chi connectivity index (χ2n) is 5.86. The van der Waals surface area contributed by atoms with Crippen LogP contribution in [0.3, 0.4) is 0 Å². The molecule has 118 valence electrons. The fourth-order valence-electron chi connectivity index (χ4n) is 2.88. The minimum Gasteiger partial charge on any atom is -0.370 e. The van der Waals surface area contributed by atoms with Gasteiger partial charge in [-0.2, -0.15) is 0 Å². The molecule has 0 radical (unpaired) electrons. The van der Waals surface area contributed by atoms with Crippen LogP contribution in [0.1, 0.15) is 12.0 Å². The van der Waals surface area contributed by atoms with Crippen molar-refractivity contribution in [1.82, 2.24) is 4.98 Å². The van der Waals surface area contributed by atoms with Gasteiger partial charge in [-0.05, 0) is 49.3 Å². The number of benzene rings is 1. The fourth-order valence-corrected chi connectivity index (χ4v) is 5.18. The van der Waals surface area contributed by atoms with E-state index in [0.29, 0.717) is 18.1 Å². The molecule has 0 aliphatic carbocycles. The molecule has 4 nitrogen and oxygen atoms in total. The Kier molecular flexibility index (Phi) is 4.32. The lowest BCUT2D eigenvalue weighted by molar-refractivity contribution is 0.595. The summed E-state index contributed by atoms with van der Waals surface area (Å²) in [5.74, 6) is 1.64. The smallest absolute Gasteiger partial charge is 0.150 e. The van der Waals surface area contributed by atoms with Crippen molar-refractivity contribution in [3.05, 3.63) is 29.8 Å². The number of hydrogen-bond donors (Lipinski definition) is 1. The number of thioether (sulfide) groups is 1. The van der Waals surface area contributed by atoms with Crippen molar-refractivity contribution in [1.29, 1.82) is 0 Å². The van der Waals surface area contributed by atoms with Crippen molar-refractivity contribution in [2.45, 2.75) is 18.2 Å². The van der Waals surface area contributed by atoms with Gasteiger partial charge in [0, 0.05) is 16.8 Å². The molecule has 0 bridgehead atoms. The molecule has 0 saturated carbocycles. The molecule has 1 aliphatic heterocycles. The summed E-state index contributed by atoms with van der Waals surface area (Å²) in [6, 6.07) is 8.34. The minimum atomic E-state index is -2.81. The zero-order chi connectivity index (χ0) is 15.7. The van der Waals surface area contributed by atoms with Crippen molar-refractivity contribution in [2.75, 3.05) is 29.6 Å². The van der Waals surface area contributed by atoms with E-state index in [1.165, 1.54) is 10.5 Å². The Morgan fingerprint density at radius 1 is 1.36 bits per heavy atom. The second-order valence-corrected chi connectivity index (χ2v) is 8.97. The van der Waals surface area contributed by atoms with E-state index in [1.807, 2.05) is 6.07 Å². The average Bonchev–Trinajstić information content (AvgIpc) is 2.84. The predicted octanol–water partition coefficient (Wildman–Crippen LogP) is 3.11. The van der Waals surface area contributed by atoms with Gasteiger partial charge < -0.3 is 5.32 Å². The van der Waals surface area contributed by atoms with Gasteiger partial charge in [-0.3, -0.25) is 0 Å². The van der Waals surface area contributed by atoms with Gasteiger partial charge in [-0.1, -0.05) is 6.07 Å². The summed E-state index contributed by atoms with van der Waals surface area (Å²) in [6.45, 7) is 2.74. The van der Waals surface area contributed by atoms with E-state index in [-0.39, 0.29) is 5.92 Å². The van der Waals surface area contributed by atoms with Crippen LogP contribution in [0.15, 0.2) is 29.2 Å².